The third-order valence-corrected chi connectivity index (χ3v) is 3.90. The van der Waals surface area contributed by atoms with Crippen molar-refractivity contribution in [2.75, 3.05) is 45.2 Å². The van der Waals surface area contributed by atoms with Crippen LogP contribution in [0.3, 0.4) is 0 Å². The number of likely N-dealkylation sites (N-methyl/N-ethyl adjacent to an activating group) is 1. The van der Waals surface area contributed by atoms with Crippen molar-refractivity contribution in [2.24, 2.45) is 0 Å². The summed E-state index contributed by atoms with van der Waals surface area (Å²) in [6.45, 7) is 8.47. The number of piperazine rings is 1. The van der Waals surface area contributed by atoms with Gasteiger partial charge in [-0.25, -0.2) is 0 Å². The molecule has 21 heavy (non-hydrogen) atoms. The fourth-order valence-electron chi connectivity index (χ4n) is 2.42. The molecule has 1 amide bonds. The van der Waals surface area contributed by atoms with Gasteiger partial charge >= 0.3 is 0 Å². The zero-order valence-electron chi connectivity index (χ0n) is 13.1. The van der Waals surface area contributed by atoms with Crippen LogP contribution in [0.15, 0.2) is 24.3 Å². The first-order chi connectivity index (χ1) is 10.1. The SMILES string of the molecule is CCOc1ccc(NC(=O)[C@H](C)N2CCN(C)CC2)cc1. The second kappa shape index (κ2) is 7.43. The lowest BCUT2D eigenvalue weighted by atomic mass is 10.2. The largest absolute Gasteiger partial charge is 0.494 e. The van der Waals surface area contributed by atoms with Crippen LogP contribution in [0, 0.1) is 0 Å². The third-order valence-electron chi connectivity index (χ3n) is 3.90. The Hall–Kier alpha value is -1.59. The smallest absolute Gasteiger partial charge is 0.241 e. The van der Waals surface area contributed by atoms with Gasteiger partial charge in [0.05, 0.1) is 12.6 Å². The molecule has 1 aliphatic heterocycles. The number of hydrogen-bond donors (Lipinski definition) is 1. The topological polar surface area (TPSA) is 44.8 Å². The number of hydrogen-bond acceptors (Lipinski definition) is 4. The van der Waals surface area contributed by atoms with Crippen molar-refractivity contribution in [3.05, 3.63) is 24.3 Å². The first-order valence-corrected chi connectivity index (χ1v) is 7.56. The second-order valence-corrected chi connectivity index (χ2v) is 5.46. The van der Waals surface area contributed by atoms with Crippen LogP contribution in [0.5, 0.6) is 5.75 Å². The predicted molar refractivity (Wildman–Crippen MR) is 84.8 cm³/mol. The first kappa shape index (κ1) is 15.8. The van der Waals surface area contributed by atoms with Crippen molar-refractivity contribution in [3.63, 3.8) is 0 Å². The van der Waals surface area contributed by atoms with E-state index in [0.29, 0.717) is 6.61 Å². The molecule has 1 fully saturated rings. The number of carbonyl (C=O) groups is 1. The van der Waals surface area contributed by atoms with Crippen LogP contribution in [0.1, 0.15) is 13.8 Å². The number of carbonyl (C=O) groups excluding carboxylic acids is 1. The molecule has 0 saturated carbocycles. The van der Waals surface area contributed by atoms with Crippen molar-refractivity contribution < 1.29 is 9.53 Å². The Bertz CT molecular complexity index is 453. The van der Waals surface area contributed by atoms with E-state index in [9.17, 15) is 4.79 Å². The Morgan fingerprint density at radius 1 is 1.24 bits per heavy atom. The zero-order valence-corrected chi connectivity index (χ0v) is 13.1. The van der Waals surface area contributed by atoms with Crippen molar-refractivity contribution in [3.8, 4) is 5.75 Å². The molecule has 0 aromatic heterocycles. The van der Waals surface area contributed by atoms with Gasteiger partial charge in [0, 0.05) is 31.9 Å². The van der Waals surface area contributed by atoms with Gasteiger partial charge in [0.25, 0.3) is 0 Å². The number of ether oxygens (including phenoxy) is 1. The number of benzene rings is 1. The monoisotopic (exact) mass is 291 g/mol. The Labute approximate surface area is 126 Å². The summed E-state index contributed by atoms with van der Waals surface area (Å²) < 4.78 is 5.39. The fourth-order valence-corrected chi connectivity index (χ4v) is 2.42. The van der Waals surface area contributed by atoms with Crippen LogP contribution in [0.25, 0.3) is 0 Å². The first-order valence-electron chi connectivity index (χ1n) is 7.56. The Morgan fingerprint density at radius 2 is 1.86 bits per heavy atom. The molecule has 1 atom stereocenters. The van der Waals surface area contributed by atoms with E-state index in [1.165, 1.54) is 0 Å². The molecule has 5 nitrogen and oxygen atoms in total. The minimum absolute atomic E-state index is 0.0451. The van der Waals surface area contributed by atoms with Gasteiger partial charge in [-0.1, -0.05) is 0 Å². The number of rotatable bonds is 5. The predicted octanol–water partition coefficient (Wildman–Crippen LogP) is 1.66. The van der Waals surface area contributed by atoms with Crippen LogP contribution in [0.2, 0.25) is 0 Å². The Kier molecular flexibility index (Phi) is 5.59. The molecule has 1 aromatic rings. The number of amides is 1. The summed E-state index contributed by atoms with van der Waals surface area (Å²) in [5.74, 6) is 0.867. The van der Waals surface area contributed by atoms with E-state index in [1.807, 2.05) is 38.1 Å². The van der Waals surface area contributed by atoms with Crippen LogP contribution in [0.4, 0.5) is 5.69 Å². The quantitative estimate of drug-likeness (QED) is 0.896. The highest BCUT2D eigenvalue weighted by Gasteiger charge is 2.24. The van der Waals surface area contributed by atoms with Gasteiger partial charge in [-0.2, -0.15) is 0 Å². The Morgan fingerprint density at radius 3 is 2.43 bits per heavy atom. The van der Waals surface area contributed by atoms with E-state index >= 15 is 0 Å². The summed E-state index contributed by atoms with van der Waals surface area (Å²) in [6, 6.07) is 7.39. The van der Waals surface area contributed by atoms with Crippen molar-refractivity contribution in [1.82, 2.24) is 9.80 Å². The molecule has 0 unspecified atom stereocenters. The zero-order chi connectivity index (χ0) is 15.2. The molecule has 1 aliphatic rings. The molecule has 2 rings (SSSR count). The molecule has 0 spiro atoms. The molecular formula is C16H25N3O2. The van der Waals surface area contributed by atoms with Crippen LogP contribution in [-0.2, 0) is 4.79 Å². The lowest BCUT2D eigenvalue weighted by Crippen LogP contribution is -2.51. The van der Waals surface area contributed by atoms with Gasteiger partial charge in [-0.3, -0.25) is 9.69 Å². The molecule has 5 heteroatoms. The summed E-state index contributed by atoms with van der Waals surface area (Å²) >= 11 is 0. The lowest BCUT2D eigenvalue weighted by molar-refractivity contribution is -0.121. The van der Waals surface area contributed by atoms with E-state index < -0.39 is 0 Å². The van der Waals surface area contributed by atoms with Gasteiger partial charge in [0.15, 0.2) is 0 Å². The van der Waals surface area contributed by atoms with Gasteiger partial charge in [0.2, 0.25) is 5.91 Å². The summed E-state index contributed by atoms with van der Waals surface area (Å²) in [5.41, 5.74) is 0.810. The van der Waals surface area contributed by atoms with Gasteiger partial charge in [-0.05, 0) is 45.2 Å². The van der Waals surface area contributed by atoms with E-state index in [0.717, 1.165) is 37.6 Å². The summed E-state index contributed by atoms with van der Waals surface area (Å²) in [4.78, 5) is 16.8. The van der Waals surface area contributed by atoms with Crippen molar-refractivity contribution in [1.29, 1.82) is 0 Å². The molecule has 0 aliphatic carbocycles. The van der Waals surface area contributed by atoms with E-state index in [1.54, 1.807) is 0 Å². The average Bonchev–Trinajstić information content (AvgIpc) is 2.49. The summed E-state index contributed by atoms with van der Waals surface area (Å²) in [5, 5.41) is 2.97. The maximum atomic E-state index is 12.3. The molecule has 0 bridgehead atoms. The van der Waals surface area contributed by atoms with Crippen LogP contribution >= 0.6 is 0 Å². The molecule has 0 radical (unpaired) electrons. The fraction of sp³-hybridized carbons (Fsp3) is 0.562. The Balaban J connectivity index is 1.88. The highest BCUT2D eigenvalue weighted by molar-refractivity contribution is 5.94. The normalized spacial score (nSPS) is 18.2. The molecule has 1 N–H and O–H groups in total. The van der Waals surface area contributed by atoms with Crippen molar-refractivity contribution in [2.45, 2.75) is 19.9 Å². The summed E-state index contributed by atoms with van der Waals surface area (Å²) in [7, 11) is 2.11. The van der Waals surface area contributed by atoms with E-state index in [2.05, 4.69) is 22.2 Å². The number of anilines is 1. The van der Waals surface area contributed by atoms with E-state index in [4.69, 9.17) is 4.74 Å². The van der Waals surface area contributed by atoms with Gasteiger partial charge < -0.3 is 15.0 Å². The minimum atomic E-state index is -0.106. The molecule has 116 valence electrons. The molecule has 1 heterocycles. The maximum absolute atomic E-state index is 12.3. The third kappa shape index (κ3) is 4.44. The standard InChI is InChI=1S/C16H25N3O2/c1-4-21-15-7-5-14(6-8-15)17-16(20)13(2)19-11-9-18(3)10-12-19/h5-8,13H,4,9-12H2,1-3H3,(H,17,20)/t13-/m0/s1. The second-order valence-electron chi connectivity index (χ2n) is 5.46. The molecular weight excluding hydrogens is 266 g/mol. The van der Waals surface area contributed by atoms with E-state index in [-0.39, 0.29) is 11.9 Å². The number of nitrogens with one attached hydrogen (secondary N) is 1. The average molecular weight is 291 g/mol. The van der Waals surface area contributed by atoms with Crippen LogP contribution in [-0.4, -0.2) is 61.6 Å². The minimum Gasteiger partial charge on any atom is -0.494 e. The maximum Gasteiger partial charge on any atom is 0.241 e. The van der Waals surface area contributed by atoms with Crippen LogP contribution < -0.4 is 10.1 Å². The van der Waals surface area contributed by atoms with Crippen molar-refractivity contribution >= 4 is 11.6 Å². The van der Waals surface area contributed by atoms with Gasteiger partial charge in [0.1, 0.15) is 5.75 Å². The van der Waals surface area contributed by atoms with Gasteiger partial charge in [-0.15, -0.1) is 0 Å². The molecule has 1 saturated heterocycles. The lowest BCUT2D eigenvalue weighted by Gasteiger charge is -2.35. The number of nitrogens with zero attached hydrogens (tertiary/aromatic N) is 2. The summed E-state index contributed by atoms with van der Waals surface area (Å²) in [6.07, 6.45) is 0. The molecule has 1 aromatic carbocycles. The highest BCUT2D eigenvalue weighted by Crippen LogP contribution is 2.16. The highest BCUT2D eigenvalue weighted by atomic mass is 16.5.